The van der Waals surface area contributed by atoms with E-state index in [9.17, 15) is 9.18 Å². The summed E-state index contributed by atoms with van der Waals surface area (Å²) in [6.45, 7) is 3.60. The maximum atomic E-state index is 13.3. The maximum absolute atomic E-state index is 13.3. The number of piperidine rings is 1. The summed E-state index contributed by atoms with van der Waals surface area (Å²) in [7, 11) is 0. The minimum Gasteiger partial charge on any atom is -0.338 e. The lowest BCUT2D eigenvalue weighted by Gasteiger charge is -2.31. The van der Waals surface area contributed by atoms with E-state index >= 15 is 0 Å². The van der Waals surface area contributed by atoms with Gasteiger partial charge in [0, 0.05) is 13.1 Å². The highest BCUT2D eigenvalue weighted by atomic mass is 32.1. The zero-order valence-corrected chi connectivity index (χ0v) is 14.1. The normalized spacial score (nSPS) is 15.8. The van der Waals surface area contributed by atoms with Gasteiger partial charge in [-0.3, -0.25) is 4.79 Å². The van der Waals surface area contributed by atoms with E-state index in [1.165, 1.54) is 17.4 Å². The van der Waals surface area contributed by atoms with Crippen molar-refractivity contribution in [2.45, 2.75) is 32.6 Å². The monoisotopic (exact) mass is 332 g/mol. The fourth-order valence-corrected chi connectivity index (χ4v) is 3.89. The second-order valence-electron chi connectivity index (χ2n) is 6.04. The number of aryl methyl sites for hydroxylation is 1. The first-order chi connectivity index (χ1) is 11.2. The summed E-state index contributed by atoms with van der Waals surface area (Å²) in [5.74, 6) is 0.451. The lowest BCUT2D eigenvalue weighted by molar-refractivity contribution is 0.0695. The Kier molecular flexibility index (Phi) is 5.06. The molecule has 0 saturated carbocycles. The van der Waals surface area contributed by atoms with Gasteiger partial charge in [0.05, 0.1) is 11.2 Å². The van der Waals surface area contributed by atoms with Gasteiger partial charge in [-0.1, -0.05) is 19.1 Å². The number of likely N-dealkylation sites (tertiary alicyclic amines) is 1. The van der Waals surface area contributed by atoms with Crippen LogP contribution in [0.15, 0.2) is 30.5 Å². The number of nitrogens with zero attached hydrogens (tertiary/aromatic N) is 2. The van der Waals surface area contributed by atoms with E-state index in [1.54, 1.807) is 18.3 Å². The predicted octanol–water partition coefficient (Wildman–Crippen LogP) is 3.94. The first-order valence-corrected chi connectivity index (χ1v) is 8.95. The van der Waals surface area contributed by atoms with Crippen molar-refractivity contribution in [1.82, 2.24) is 9.88 Å². The molecule has 1 aliphatic heterocycles. The molecule has 0 atom stereocenters. The number of carbonyl (C=O) groups excluding carboxylic acids is 1. The second kappa shape index (κ2) is 7.21. The third kappa shape index (κ3) is 3.96. The summed E-state index contributed by atoms with van der Waals surface area (Å²) in [6, 6.07) is 6.83. The molecule has 3 rings (SSSR count). The van der Waals surface area contributed by atoms with Gasteiger partial charge in [0.25, 0.3) is 5.91 Å². The maximum Gasteiger partial charge on any atom is 0.265 e. The summed E-state index contributed by atoms with van der Waals surface area (Å²) in [6.07, 6.45) is 5.40. The van der Waals surface area contributed by atoms with Crippen molar-refractivity contribution in [3.05, 3.63) is 51.7 Å². The number of amides is 1. The van der Waals surface area contributed by atoms with Crippen LogP contribution in [0.4, 0.5) is 4.39 Å². The Morgan fingerprint density at radius 3 is 2.83 bits per heavy atom. The third-order valence-electron chi connectivity index (χ3n) is 4.38. The zero-order chi connectivity index (χ0) is 16.2. The molecule has 2 heterocycles. The Balaban J connectivity index is 1.54. The highest BCUT2D eigenvalue weighted by molar-refractivity contribution is 7.13. The van der Waals surface area contributed by atoms with Gasteiger partial charge in [0.1, 0.15) is 10.7 Å². The molecular formula is C18H21FN2OS. The van der Waals surface area contributed by atoms with Gasteiger partial charge in [-0.25, -0.2) is 9.37 Å². The molecule has 1 aromatic heterocycles. The predicted molar refractivity (Wildman–Crippen MR) is 90.2 cm³/mol. The Bertz CT molecular complexity index is 677. The number of rotatable bonds is 4. The summed E-state index contributed by atoms with van der Waals surface area (Å²) in [4.78, 5) is 19.4. The molecule has 0 aliphatic carbocycles. The molecule has 0 radical (unpaired) electrons. The number of benzene rings is 1. The standard InChI is InChI=1S/C18H21FN2OS/c1-2-17-20-12-16(23-17)18(22)21-8-6-13(7-9-21)10-14-4-3-5-15(19)11-14/h3-5,11-13H,2,6-10H2,1H3. The lowest BCUT2D eigenvalue weighted by atomic mass is 9.90. The Hall–Kier alpha value is -1.75. The second-order valence-corrected chi connectivity index (χ2v) is 7.16. The van der Waals surface area contributed by atoms with Gasteiger partial charge in [-0.2, -0.15) is 0 Å². The van der Waals surface area contributed by atoms with Crippen LogP contribution >= 0.6 is 11.3 Å². The van der Waals surface area contributed by atoms with Crippen molar-refractivity contribution in [2.24, 2.45) is 5.92 Å². The molecule has 5 heteroatoms. The van der Waals surface area contributed by atoms with Crippen molar-refractivity contribution in [3.8, 4) is 0 Å². The van der Waals surface area contributed by atoms with Gasteiger partial charge < -0.3 is 4.90 Å². The Morgan fingerprint density at radius 1 is 1.39 bits per heavy atom. The Morgan fingerprint density at radius 2 is 2.17 bits per heavy atom. The number of carbonyl (C=O) groups is 1. The van der Waals surface area contributed by atoms with Crippen LogP contribution < -0.4 is 0 Å². The number of thiazole rings is 1. The highest BCUT2D eigenvalue weighted by Crippen LogP contribution is 2.24. The van der Waals surface area contributed by atoms with Gasteiger partial charge in [0.15, 0.2) is 0 Å². The van der Waals surface area contributed by atoms with Crippen LogP contribution in [0, 0.1) is 11.7 Å². The molecule has 0 N–H and O–H groups in total. The van der Waals surface area contributed by atoms with Crippen molar-refractivity contribution in [1.29, 1.82) is 0 Å². The van der Waals surface area contributed by atoms with Gasteiger partial charge in [-0.15, -0.1) is 11.3 Å². The van der Waals surface area contributed by atoms with E-state index < -0.39 is 0 Å². The molecule has 0 spiro atoms. The number of aromatic nitrogens is 1. The molecule has 1 fully saturated rings. The number of hydrogen-bond acceptors (Lipinski definition) is 3. The highest BCUT2D eigenvalue weighted by Gasteiger charge is 2.25. The van der Waals surface area contributed by atoms with E-state index in [1.807, 2.05) is 17.9 Å². The molecule has 1 amide bonds. The molecule has 2 aromatic rings. The fraction of sp³-hybridized carbons (Fsp3) is 0.444. The smallest absolute Gasteiger partial charge is 0.265 e. The fourth-order valence-electron chi connectivity index (χ4n) is 3.07. The van der Waals surface area contributed by atoms with E-state index in [-0.39, 0.29) is 11.7 Å². The molecule has 1 aromatic carbocycles. The summed E-state index contributed by atoms with van der Waals surface area (Å²) >= 11 is 1.50. The van der Waals surface area contributed by atoms with Crippen LogP contribution in [-0.2, 0) is 12.8 Å². The third-order valence-corrected chi connectivity index (χ3v) is 5.51. The van der Waals surface area contributed by atoms with Crippen molar-refractivity contribution in [3.63, 3.8) is 0 Å². The molecule has 23 heavy (non-hydrogen) atoms. The average Bonchev–Trinajstić information content (AvgIpc) is 3.04. The zero-order valence-electron chi connectivity index (χ0n) is 13.3. The number of halogens is 1. The largest absolute Gasteiger partial charge is 0.338 e. The van der Waals surface area contributed by atoms with E-state index in [4.69, 9.17) is 0 Å². The minimum atomic E-state index is -0.174. The van der Waals surface area contributed by atoms with Crippen LogP contribution in [0.3, 0.4) is 0 Å². The SMILES string of the molecule is CCc1ncc(C(=O)N2CCC(Cc3cccc(F)c3)CC2)s1. The van der Waals surface area contributed by atoms with Gasteiger partial charge in [0.2, 0.25) is 0 Å². The van der Waals surface area contributed by atoms with E-state index in [2.05, 4.69) is 4.98 Å². The molecule has 0 unspecified atom stereocenters. The van der Waals surface area contributed by atoms with Crippen LogP contribution in [0.5, 0.6) is 0 Å². The number of hydrogen-bond donors (Lipinski definition) is 0. The van der Waals surface area contributed by atoms with Gasteiger partial charge in [-0.05, 0) is 49.3 Å². The van der Waals surface area contributed by atoms with Gasteiger partial charge >= 0.3 is 0 Å². The van der Waals surface area contributed by atoms with E-state index in [0.29, 0.717) is 5.92 Å². The molecule has 122 valence electrons. The summed E-state index contributed by atoms with van der Waals surface area (Å²) in [5.41, 5.74) is 1.05. The topological polar surface area (TPSA) is 33.2 Å². The molecular weight excluding hydrogens is 311 g/mol. The molecule has 3 nitrogen and oxygen atoms in total. The summed E-state index contributed by atoms with van der Waals surface area (Å²) in [5, 5.41) is 1.01. The lowest BCUT2D eigenvalue weighted by Crippen LogP contribution is -2.38. The van der Waals surface area contributed by atoms with Crippen molar-refractivity contribution in [2.75, 3.05) is 13.1 Å². The first kappa shape index (κ1) is 16.1. The molecule has 0 bridgehead atoms. The Labute approximate surface area is 140 Å². The van der Waals surface area contributed by atoms with Crippen LogP contribution in [0.2, 0.25) is 0 Å². The first-order valence-electron chi connectivity index (χ1n) is 8.14. The van der Waals surface area contributed by atoms with Crippen LogP contribution in [-0.4, -0.2) is 28.9 Å². The van der Waals surface area contributed by atoms with E-state index in [0.717, 1.165) is 54.2 Å². The molecule has 1 saturated heterocycles. The van der Waals surface area contributed by atoms with Crippen LogP contribution in [0.25, 0.3) is 0 Å². The van der Waals surface area contributed by atoms with Crippen LogP contribution in [0.1, 0.15) is 40.0 Å². The van der Waals surface area contributed by atoms with Crippen molar-refractivity contribution < 1.29 is 9.18 Å². The molecule has 1 aliphatic rings. The van der Waals surface area contributed by atoms with Crippen molar-refractivity contribution >= 4 is 17.2 Å². The minimum absolute atomic E-state index is 0.103. The average molecular weight is 332 g/mol. The quantitative estimate of drug-likeness (QED) is 0.850. The summed E-state index contributed by atoms with van der Waals surface area (Å²) < 4.78 is 13.3.